The second-order valence-corrected chi connectivity index (χ2v) is 4.24. The largest absolute Gasteiger partial charge is 0.383 e. The summed E-state index contributed by atoms with van der Waals surface area (Å²) in [7, 11) is 0. The summed E-state index contributed by atoms with van der Waals surface area (Å²) in [5.41, 5.74) is 2.02. The van der Waals surface area contributed by atoms with E-state index in [1.54, 1.807) is 6.20 Å². The van der Waals surface area contributed by atoms with Crippen LogP contribution in [-0.2, 0) is 0 Å². The normalized spacial score (nSPS) is 10.7. The first-order chi connectivity index (χ1) is 8.31. The molecule has 2 aromatic rings. The molecule has 0 saturated carbocycles. The van der Waals surface area contributed by atoms with Crippen LogP contribution in [0, 0.1) is 0 Å². The first-order valence-corrected chi connectivity index (χ1v) is 6.18. The van der Waals surface area contributed by atoms with Gasteiger partial charge in [-0.1, -0.05) is 18.5 Å². The molecule has 2 rings (SSSR count). The number of pyridine rings is 1. The molecule has 0 fully saturated rings. The van der Waals surface area contributed by atoms with Crippen LogP contribution in [-0.4, -0.2) is 24.6 Å². The van der Waals surface area contributed by atoms with Gasteiger partial charge in [-0.15, -0.1) is 0 Å². The minimum absolute atomic E-state index is 0.717. The molecule has 0 aliphatic carbocycles. The van der Waals surface area contributed by atoms with Crippen molar-refractivity contribution in [3.05, 3.63) is 35.5 Å². The third kappa shape index (κ3) is 3.08. The number of nitrogens with one attached hydrogen (secondary N) is 2. The molecule has 1 aromatic carbocycles. The van der Waals surface area contributed by atoms with Gasteiger partial charge in [-0.25, -0.2) is 0 Å². The standard InChI is InChI=1S/C13H16ClN3/c1-2-15-7-8-17-12-5-6-16-13-9-10(14)3-4-11(12)13/h3-6,9,15H,2,7-8H2,1H3,(H,16,17). The molecule has 90 valence electrons. The number of hydrogen-bond donors (Lipinski definition) is 2. The number of fused-ring (bicyclic) bond motifs is 1. The van der Waals surface area contributed by atoms with E-state index in [-0.39, 0.29) is 0 Å². The lowest BCUT2D eigenvalue weighted by Crippen LogP contribution is -2.21. The molecule has 0 amide bonds. The Morgan fingerprint density at radius 2 is 2.12 bits per heavy atom. The molecule has 0 spiro atoms. The van der Waals surface area contributed by atoms with Crippen LogP contribution in [0.25, 0.3) is 10.9 Å². The second kappa shape index (κ2) is 5.84. The number of nitrogens with zero attached hydrogens (tertiary/aromatic N) is 1. The molecule has 0 aliphatic rings. The van der Waals surface area contributed by atoms with Crippen molar-refractivity contribution in [1.82, 2.24) is 10.3 Å². The Kier molecular flexibility index (Phi) is 4.18. The van der Waals surface area contributed by atoms with Gasteiger partial charge in [-0.3, -0.25) is 4.98 Å². The molecule has 17 heavy (non-hydrogen) atoms. The van der Waals surface area contributed by atoms with E-state index in [4.69, 9.17) is 11.6 Å². The molecular formula is C13H16ClN3. The third-order valence-corrected chi connectivity index (χ3v) is 2.81. The van der Waals surface area contributed by atoms with Gasteiger partial charge in [0.05, 0.1) is 5.52 Å². The monoisotopic (exact) mass is 249 g/mol. The van der Waals surface area contributed by atoms with Crippen LogP contribution in [0.2, 0.25) is 5.02 Å². The summed E-state index contributed by atoms with van der Waals surface area (Å²) < 4.78 is 0. The van der Waals surface area contributed by atoms with Crippen LogP contribution >= 0.6 is 11.6 Å². The summed E-state index contributed by atoms with van der Waals surface area (Å²) in [5.74, 6) is 0. The minimum atomic E-state index is 0.717. The van der Waals surface area contributed by atoms with Crippen molar-refractivity contribution in [3.8, 4) is 0 Å². The average Bonchev–Trinajstić information content (AvgIpc) is 2.34. The fourth-order valence-electron chi connectivity index (χ4n) is 1.74. The highest BCUT2D eigenvalue weighted by Gasteiger charge is 2.01. The highest BCUT2D eigenvalue weighted by molar-refractivity contribution is 6.31. The van der Waals surface area contributed by atoms with Crippen LogP contribution in [0.1, 0.15) is 6.92 Å². The van der Waals surface area contributed by atoms with Gasteiger partial charge in [0, 0.05) is 35.4 Å². The van der Waals surface area contributed by atoms with Crippen LogP contribution in [0.4, 0.5) is 5.69 Å². The lowest BCUT2D eigenvalue weighted by molar-refractivity contribution is 0.739. The fraction of sp³-hybridized carbons (Fsp3) is 0.308. The summed E-state index contributed by atoms with van der Waals surface area (Å²) in [6.45, 7) is 4.95. The molecule has 0 aliphatic heterocycles. The van der Waals surface area contributed by atoms with E-state index in [0.717, 1.165) is 41.2 Å². The Bertz CT molecular complexity index is 499. The third-order valence-electron chi connectivity index (χ3n) is 2.57. The lowest BCUT2D eigenvalue weighted by Gasteiger charge is -2.09. The van der Waals surface area contributed by atoms with Crippen LogP contribution in [0.3, 0.4) is 0 Å². The van der Waals surface area contributed by atoms with Gasteiger partial charge >= 0.3 is 0 Å². The van der Waals surface area contributed by atoms with Gasteiger partial charge in [0.15, 0.2) is 0 Å². The highest BCUT2D eigenvalue weighted by atomic mass is 35.5. The van der Waals surface area contributed by atoms with Gasteiger partial charge in [-0.05, 0) is 30.8 Å². The van der Waals surface area contributed by atoms with E-state index in [9.17, 15) is 0 Å². The zero-order valence-electron chi connectivity index (χ0n) is 9.83. The van der Waals surface area contributed by atoms with Crippen molar-refractivity contribution in [1.29, 1.82) is 0 Å². The number of aromatic nitrogens is 1. The van der Waals surface area contributed by atoms with Crippen LogP contribution in [0.15, 0.2) is 30.5 Å². The van der Waals surface area contributed by atoms with Crippen LogP contribution in [0.5, 0.6) is 0 Å². The number of benzene rings is 1. The van der Waals surface area contributed by atoms with E-state index in [1.807, 2.05) is 24.3 Å². The summed E-state index contributed by atoms with van der Waals surface area (Å²) >= 11 is 5.95. The Labute approximate surface area is 106 Å². The number of halogens is 1. The van der Waals surface area contributed by atoms with Gasteiger partial charge < -0.3 is 10.6 Å². The first-order valence-electron chi connectivity index (χ1n) is 5.80. The number of hydrogen-bond acceptors (Lipinski definition) is 3. The van der Waals surface area contributed by atoms with E-state index < -0.39 is 0 Å². The first kappa shape index (κ1) is 12.1. The maximum atomic E-state index is 5.95. The Morgan fingerprint density at radius 1 is 1.24 bits per heavy atom. The van der Waals surface area contributed by atoms with Crippen molar-refractivity contribution < 1.29 is 0 Å². The fourth-order valence-corrected chi connectivity index (χ4v) is 1.90. The van der Waals surface area contributed by atoms with E-state index in [1.165, 1.54) is 0 Å². The maximum absolute atomic E-state index is 5.95. The van der Waals surface area contributed by atoms with Crippen molar-refractivity contribution in [2.75, 3.05) is 25.0 Å². The van der Waals surface area contributed by atoms with Crippen molar-refractivity contribution in [2.45, 2.75) is 6.92 Å². The Balaban J connectivity index is 2.16. The van der Waals surface area contributed by atoms with Gasteiger partial charge in [0.25, 0.3) is 0 Å². The Hall–Kier alpha value is -1.32. The maximum Gasteiger partial charge on any atom is 0.0737 e. The molecule has 0 unspecified atom stereocenters. The minimum Gasteiger partial charge on any atom is -0.383 e. The second-order valence-electron chi connectivity index (χ2n) is 3.80. The van der Waals surface area contributed by atoms with Crippen molar-refractivity contribution >= 4 is 28.2 Å². The molecule has 4 heteroatoms. The quantitative estimate of drug-likeness (QED) is 0.800. The summed E-state index contributed by atoms with van der Waals surface area (Å²) in [6, 6.07) is 7.76. The predicted octanol–water partition coefficient (Wildman–Crippen LogP) is 2.91. The number of rotatable bonds is 5. The molecular weight excluding hydrogens is 234 g/mol. The molecule has 1 heterocycles. The summed E-state index contributed by atoms with van der Waals surface area (Å²) in [4.78, 5) is 4.31. The molecule has 3 nitrogen and oxygen atoms in total. The van der Waals surface area contributed by atoms with E-state index >= 15 is 0 Å². The lowest BCUT2D eigenvalue weighted by atomic mass is 10.2. The SMILES string of the molecule is CCNCCNc1ccnc2cc(Cl)ccc12. The molecule has 0 radical (unpaired) electrons. The Morgan fingerprint density at radius 3 is 2.94 bits per heavy atom. The molecule has 2 N–H and O–H groups in total. The number of likely N-dealkylation sites (N-methyl/N-ethyl adjacent to an activating group) is 1. The molecule has 0 saturated heterocycles. The van der Waals surface area contributed by atoms with E-state index in [2.05, 4.69) is 22.5 Å². The summed E-state index contributed by atoms with van der Waals surface area (Å²) in [6.07, 6.45) is 1.80. The number of anilines is 1. The summed E-state index contributed by atoms with van der Waals surface area (Å²) in [5, 5.41) is 8.50. The van der Waals surface area contributed by atoms with Gasteiger partial charge in [0.2, 0.25) is 0 Å². The smallest absolute Gasteiger partial charge is 0.0737 e. The van der Waals surface area contributed by atoms with Crippen molar-refractivity contribution in [2.24, 2.45) is 0 Å². The average molecular weight is 250 g/mol. The van der Waals surface area contributed by atoms with Gasteiger partial charge in [-0.2, -0.15) is 0 Å². The zero-order chi connectivity index (χ0) is 12.1. The molecule has 0 bridgehead atoms. The van der Waals surface area contributed by atoms with Crippen LogP contribution < -0.4 is 10.6 Å². The topological polar surface area (TPSA) is 37.0 Å². The zero-order valence-corrected chi connectivity index (χ0v) is 10.6. The molecule has 0 atom stereocenters. The predicted molar refractivity (Wildman–Crippen MR) is 73.8 cm³/mol. The highest BCUT2D eigenvalue weighted by Crippen LogP contribution is 2.23. The van der Waals surface area contributed by atoms with E-state index in [0.29, 0.717) is 0 Å². The van der Waals surface area contributed by atoms with Crippen molar-refractivity contribution in [3.63, 3.8) is 0 Å². The molecule has 1 aromatic heterocycles. The van der Waals surface area contributed by atoms with Gasteiger partial charge in [0.1, 0.15) is 0 Å².